The van der Waals surface area contributed by atoms with Gasteiger partial charge in [0, 0.05) is 19.6 Å². The number of ether oxygens (including phenoxy) is 1. The summed E-state index contributed by atoms with van der Waals surface area (Å²) in [6.45, 7) is 5.18. The maximum atomic E-state index is 13.0. The molecule has 1 fully saturated rings. The zero-order valence-electron chi connectivity index (χ0n) is 14.7. The summed E-state index contributed by atoms with van der Waals surface area (Å²) in [7, 11) is 0. The van der Waals surface area contributed by atoms with Gasteiger partial charge in [-0.25, -0.2) is 4.39 Å². The van der Waals surface area contributed by atoms with Crippen LogP contribution in [0.4, 0.5) is 4.39 Å². The largest absolute Gasteiger partial charge is 0.387 e. The molecule has 3 nitrogen and oxygen atoms in total. The number of hydrogen-bond acceptors (Lipinski definition) is 3. The Balaban J connectivity index is 1.42. The highest BCUT2D eigenvalue weighted by Gasteiger charge is 2.22. The summed E-state index contributed by atoms with van der Waals surface area (Å²) in [5, 5.41) is 10.3. The molecule has 4 heteroatoms. The molecule has 1 heterocycles. The van der Waals surface area contributed by atoms with Gasteiger partial charge in [0.25, 0.3) is 0 Å². The van der Waals surface area contributed by atoms with Crippen molar-refractivity contribution < 1.29 is 14.2 Å². The average molecular weight is 343 g/mol. The number of rotatable bonds is 6. The maximum absolute atomic E-state index is 13.0. The molecule has 2 aromatic carbocycles. The van der Waals surface area contributed by atoms with E-state index >= 15 is 0 Å². The normalized spacial score (nSPS) is 17.6. The van der Waals surface area contributed by atoms with E-state index in [9.17, 15) is 9.50 Å². The number of piperidine rings is 1. The molecule has 1 N–H and O–H groups in total. The Bertz CT molecular complexity index is 666. The Labute approximate surface area is 149 Å². The molecule has 0 saturated carbocycles. The minimum absolute atomic E-state index is 0.275. The quantitative estimate of drug-likeness (QED) is 0.865. The molecule has 0 aromatic heterocycles. The van der Waals surface area contributed by atoms with Gasteiger partial charge in [-0.1, -0.05) is 36.4 Å². The summed E-state index contributed by atoms with van der Waals surface area (Å²) in [5.41, 5.74) is 3.28. The summed E-state index contributed by atoms with van der Waals surface area (Å²) in [6.07, 6.45) is 1.65. The number of β-amino-alcohol motifs (C(OH)–C–C–N with tert-alkyl or cyclic N) is 1. The van der Waals surface area contributed by atoms with Crippen molar-refractivity contribution in [2.45, 2.75) is 38.6 Å². The number of halogens is 1. The van der Waals surface area contributed by atoms with Gasteiger partial charge >= 0.3 is 0 Å². The number of aliphatic hydroxyl groups is 1. The molecule has 0 radical (unpaired) electrons. The second-order valence-electron chi connectivity index (χ2n) is 6.80. The van der Waals surface area contributed by atoms with Crippen LogP contribution in [0.25, 0.3) is 0 Å². The van der Waals surface area contributed by atoms with E-state index in [4.69, 9.17) is 4.74 Å². The first-order chi connectivity index (χ1) is 12.1. The molecule has 0 bridgehead atoms. The standard InChI is InChI=1S/C21H26FNO2/c1-16-4-2-3-5-18(16)15-25-20-10-12-23(13-11-20)14-21(24)17-6-8-19(22)9-7-17/h2-9,20-21,24H,10-15H2,1H3. The van der Waals surface area contributed by atoms with E-state index in [1.54, 1.807) is 12.1 Å². The molecule has 1 saturated heterocycles. The molecule has 0 spiro atoms. The van der Waals surface area contributed by atoms with Crippen molar-refractivity contribution in [1.82, 2.24) is 4.90 Å². The zero-order valence-corrected chi connectivity index (χ0v) is 14.7. The van der Waals surface area contributed by atoms with E-state index in [1.807, 2.05) is 12.1 Å². The molecule has 0 amide bonds. The Morgan fingerprint density at radius 1 is 1.12 bits per heavy atom. The predicted molar refractivity (Wildman–Crippen MR) is 96.8 cm³/mol. The predicted octanol–water partition coefficient (Wildman–Crippen LogP) is 3.85. The van der Waals surface area contributed by atoms with Crippen LogP contribution in [0.15, 0.2) is 48.5 Å². The first-order valence-electron chi connectivity index (χ1n) is 8.94. The summed E-state index contributed by atoms with van der Waals surface area (Å²) >= 11 is 0. The fourth-order valence-electron chi connectivity index (χ4n) is 3.27. The summed E-state index contributed by atoms with van der Waals surface area (Å²) < 4.78 is 19.0. The summed E-state index contributed by atoms with van der Waals surface area (Å²) in [5.74, 6) is -0.275. The van der Waals surface area contributed by atoms with E-state index in [1.165, 1.54) is 23.3 Å². The molecule has 3 rings (SSSR count). The first kappa shape index (κ1) is 18.1. The number of nitrogens with zero attached hydrogens (tertiary/aromatic N) is 1. The molecular weight excluding hydrogens is 317 g/mol. The zero-order chi connectivity index (χ0) is 17.6. The Morgan fingerprint density at radius 2 is 1.80 bits per heavy atom. The van der Waals surface area contributed by atoms with E-state index < -0.39 is 6.10 Å². The maximum Gasteiger partial charge on any atom is 0.123 e. The van der Waals surface area contributed by atoms with Crippen molar-refractivity contribution in [1.29, 1.82) is 0 Å². The van der Waals surface area contributed by atoms with Crippen molar-refractivity contribution in [3.05, 3.63) is 71.0 Å². The molecule has 1 aliphatic rings. The molecule has 2 aromatic rings. The van der Waals surface area contributed by atoms with Gasteiger partial charge in [-0.2, -0.15) is 0 Å². The molecule has 0 aliphatic carbocycles. The molecule has 1 atom stereocenters. The highest BCUT2D eigenvalue weighted by molar-refractivity contribution is 5.24. The monoisotopic (exact) mass is 343 g/mol. The fraction of sp³-hybridized carbons (Fsp3) is 0.429. The minimum atomic E-state index is -0.579. The topological polar surface area (TPSA) is 32.7 Å². The molecule has 25 heavy (non-hydrogen) atoms. The lowest BCUT2D eigenvalue weighted by atomic mass is 10.0. The Hall–Kier alpha value is -1.75. The Morgan fingerprint density at radius 3 is 2.48 bits per heavy atom. The highest BCUT2D eigenvalue weighted by atomic mass is 19.1. The van der Waals surface area contributed by atoms with Crippen molar-refractivity contribution in [3.63, 3.8) is 0 Å². The average Bonchev–Trinajstić information content (AvgIpc) is 2.63. The third-order valence-corrected chi connectivity index (χ3v) is 4.96. The van der Waals surface area contributed by atoms with Crippen LogP contribution in [0.3, 0.4) is 0 Å². The van der Waals surface area contributed by atoms with Gasteiger partial charge in [-0.05, 0) is 48.6 Å². The van der Waals surface area contributed by atoms with Gasteiger partial charge in [-0.15, -0.1) is 0 Å². The van der Waals surface area contributed by atoms with Crippen molar-refractivity contribution in [2.24, 2.45) is 0 Å². The number of likely N-dealkylation sites (tertiary alicyclic amines) is 1. The molecule has 134 valence electrons. The van der Waals surface area contributed by atoms with Crippen LogP contribution in [-0.2, 0) is 11.3 Å². The van der Waals surface area contributed by atoms with Crippen LogP contribution < -0.4 is 0 Å². The van der Waals surface area contributed by atoms with Gasteiger partial charge in [0.2, 0.25) is 0 Å². The highest BCUT2D eigenvalue weighted by Crippen LogP contribution is 2.20. The summed E-state index contributed by atoms with van der Waals surface area (Å²) in [4.78, 5) is 2.25. The lowest BCUT2D eigenvalue weighted by molar-refractivity contribution is -0.0110. The van der Waals surface area contributed by atoms with E-state index in [2.05, 4.69) is 24.0 Å². The van der Waals surface area contributed by atoms with Crippen molar-refractivity contribution >= 4 is 0 Å². The molecule has 1 aliphatic heterocycles. The number of aliphatic hydroxyl groups excluding tert-OH is 1. The van der Waals surface area contributed by atoms with E-state index in [0.717, 1.165) is 31.5 Å². The van der Waals surface area contributed by atoms with E-state index in [-0.39, 0.29) is 11.9 Å². The number of benzene rings is 2. The van der Waals surface area contributed by atoms with Crippen LogP contribution in [0.2, 0.25) is 0 Å². The second-order valence-corrected chi connectivity index (χ2v) is 6.80. The van der Waals surface area contributed by atoms with Gasteiger partial charge < -0.3 is 14.7 Å². The van der Waals surface area contributed by atoms with Crippen molar-refractivity contribution in [3.8, 4) is 0 Å². The van der Waals surface area contributed by atoms with Crippen molar-refractivity contribution in [2.75, 3.05) is 19.6 Å². The Kier molecular flexibility index (Phi) is 6.19. The van der Waals surface area contributed by atoms with Crippen LogP contribution in [0.1, 0.15) is 35.6 Å². The third kappa shape index (κ3) is 5.11. The smallest absolute Gasteiger partial charge is 0.123 e. The van der Waals surface area contributed by atoms with Crippen LogP contribution in [0, 0.1) is 12.7 Å². The summed E-state index contributed by atoms with van der Waals surface area (Å²) in [6, 6.07) is 14.4. The fourth-order valence-corrected chi connectivity index (χ4v) is 3.27. The minimum Gasteiger partial charge on any atom is -0.387 e. The van der Waals surface area contributed by atoms with Gasteiger partial charge in [-0.3, -0.25) is 0 Å². The van der Waals surface area contributed by atoms with Gasteiger partial charge in [0.05, 0.1) is 18.8 Å². The van der Waals surface area contributed by atoms with Gasteiger partial charge in [0.15, 0.2) is 0 Å². The molecule has 1 unspecified atom stereocenters. The lowest BCUT2D eigenvalue weighted by Gasteiger charge is -2.33. The third-order valence-electron chi connectivity index (χ3n) is 4.96. The van der Waals surface area contributed by atoms with Gasteiger partial charge in [0.1, 0.15) is 5.82 Å². The van der Waals surface area contributed by atoms with E-state index in [0.29, 0.717) is 13.2 Å². The lowest BCUT2D eigenvalue weighted by Crippen LogP contribution is -2.39. The van der Waals surface area contributed by atoms with Crippen LogP contribution in [0.5, 0.6) is 0 Å². The second kappa shape index (κ2) is 8.56. The van der Waals surface area contributed by atoms with Crippen LogP contribution in [-0.4, -0.2) is 35.7 Å². The van der Waals surface area contributed by atoms with Crippen LogP contribution >= 0.6 is 0 Å². The first-order valence-corrected chi connectivity index (χ1v) is 8.94. The number of aryl methyl sites for hydroxylation is 1. The molecular formula is C21H26FNO2. The SMILES string of the molecule is Cc1ccccc1COC1CCN(CC(O)c2ccc(F)cc2)CC1. The number of hydrogen-bond donors (Lipinski definition) is 1.